The molecule has 0 amide bonds. The van der Waals surface area contributed by atoms with Crippen LogP contribution in [-0.2, 0) is 20.1 Å². The van der Waals surface area contributed by atoms with E-state index in [0.717, 1.165) is 50.5 Å². The van der Waals surface area contributed by atoms with Gasteiger partial charge in [-0.1, -0.05) is 88.3 Å². The predicted octanol–water partition coefficient (Wildman–Crippen LogP) is 11.1. The van der Waals surface area contributed by atoms with Gasteiger partial charge >= 0.3 is 0 Å². The molecular weight excluding hydrogens is 783 g/mol. The molecule has 1 atom stereocenters. The summed E-state index contributed by atoms with van der Waals surface area (Å²) in [6.45, 7) is 16.0. The van der Waals surface area contributed by atoms with Crippen molar-refractivity contribution in [3.05, 3.63) is 108 Å². The second-order valence-electron chi connectivity index (χ2n) is 14.6. The van der Waals surface area contributed by atoms with E-state index in [2.05, 4.69) is 111 Å². The Hall–Kier alpha value is -3.44. The molecule has 1 unspecified atom stereocenters. The fourth-order valence-electron chi connectivity index (χ4n) is 6.65. The maximum absolute atomic E-state index is 5.85. The van der Waals surface area contributed by atoms with E-state index in [1.807, 2.05) is 37.4 Å². The summed E-state index contributed by atoms with van der Waals surface area (Å²) in [4.78, 5) is 13.8. The van der Waals surface area contributed by atoms with Crippen molar-refractivity contribution in [3.63, 3.8) is 0 Å². The number of hydrogen-bond acceptors (Lipinski definition) is 4. The summed E-state index contributed by atoms with van der Waals surface area (Å²) >= 11 is 0. The second kappa shape index (κ2) is 15.4. The number of nitrogens with zero attached hydrogens (tertiary/aromatic N) is 3. The largest absolute Gasteiger partial charge is 0.486 e. The Balaban J connectivity index is 0.000000186. The zero-order valence-electron chi connectivity index (χ0n) is 29.4. The molecule has 48 heavy (non-hydrogen) atoms. The standard InChI is InChI=1S/C22H21N2O.C20H26NSi.Ir/c1-13(2)15(4)16-9-10-23-20(12-16)17-6-8-21-19(11-17)18-7-5-14(3)24-22(18)25-21;1-22(2,3)20-15-21-19(17-12-8-5-9-13-17)14-18(20)16-10-6-4-7-11-16;/h5,7-13,15H,1-4H3;5,8-9,12,14-16H,4,6-7,10-11H2,1-3H3;/q2*-1;. The van der Waals surface area contributed by atoms with Crippen molar-refractivity contribution in [2.75, 3.05) is 0 Å². The van der Waals surface area contributed by atoms with Crippen LogP contribution in [-0.4, -0.2) is 23.0 Å². The third-order valence-corrected chi connectivity index (χ3v) is 11.8. The molecule has 251 valence electrons. The first-order chi connectivity index (χ1) is 22.6. The third-order valence-electron chi connectivity index (χ3n) is 9.77. The maximum Gasteiger partial charge on any atom is 0.216 e. The van der Waals surface area contributed by atoms with Crippen LogP contribution in [0.2, 0.25) is 19.6 Å². The number of aromatic nitrogens is 3. The van der Waals surface area contributed by atoms with E-state index in [1.54, 1.807) is 10.8 Å². The summed E-state index contributed by atoms with van der Waals surface area (Å²) in [7, 11) is -1.36. The average molecular weight is 830 g/mol. The summed E-state index contributed by atoms with van der Waals surface area (Å²) in [6.07, 6.45) is 10.9. The van der Waals surface area contributed by atoms with Gasteiger partial charge in [-0.25, -0.2) is 4.98 Å². The van der Waals surface area contributed by atoms with Crippen molar-refractivity contribution in [2.45, 2.75) is 91.3 Å². The van der Waals surface area contributed by atoms with Crippen molar-refractivity contribution in [1.29, 1.82) is 0 Å². The van der Waals surface area contributed by atoms with Gasteiger partial charge < -0.3 is 14.4 Å². The van der Waals surface area contributed by atoms with E-state index in [9.17, 15) is 0 Å². The van der Waals surface area contributed by atoms with E-state index in [-0.39, 0.29) is 20.1 Å². The third kappa shape index (κ3) is 8.05. The Morgan fingerprint density at radius 3 is 2.31 bits per heavy atom. The second-order valence-corrected chi connectivity index (χ2v) is 19.6. The van der Waals surface area contributed by atoms with E-state index >= 15 is 0 Å². The van der Waals surface area contributed by atoms with E-state index in [0.29, 0.717) is 17.5 Å². The van der Waals surface area contributed by atoms with Gasteiger partial charge in [0.25, 0.3) is 0 Å². The van der Waals surface area contributed by atoms with Crippen LogP contribution in [0.3, 0.4) is 0 Å². The number of benzene rings is 2. The zero-order chi connectivity index (χ0) is 33.1. The van der Waals surface area contributed by atoms with Gasteiger partial charge in [-0.15, -0.1) is 59.7 Å². The van der Waals surface area contributed by atoms with Crippen molar-refractivity contribution in [1.82, 2.24) is 15.0 Å². The van der Waals surface area contributed by atoms with E-state index in [4.69, 9.17) is 9.40 Å². The van der Waals surface area contributed by atoms with Crippen LogP contribution in [0.25, 0.3) is 44.6 Å². The smallest absolute Gasteiger partial charge is 0.216 e. The molecule has 4 heterocycles. The van der Waals surface area contributed by atoms with Crippen LogP contribution in [0.5, 0.6) is 0 Å². The number of hydrogen-bond donors (Lipinski definition) is 0. The van der Waals surface area contributed by atoms with Gasteiger partial charge in [0.1, 0.15) is 0 Å². The number of pyridine rings is 3. The number of aryl methyl sites for hydroxylation is 1. The normalized spacial score (nSPS) is 14.4. The fourth-order valence-corrected chi connectivity index (χ4v) is 8.25. The molecule has 0 N–H and O–H groups in total. The van der Waals surface area contributed by atoms with Gasteiger partial charge in [0, 0.05) is 43.6 Å². The minimum Gasteiger partial charge on any atom is -0.486 e. The molecular formula is C42H47IrN3OSi-2. The predicted molar refractivity (Wildman–Crippen MR) is 199 cm³/mol. The fraction of sp³-hybridized carbons (Fsp3) is 0.357. The summed E-state index contributed by atoms with van der Waals surface area (Å²) in [5.41, 5.74) is 9.45. The minimum absolute atomic E-state index is 0. The van der Waals surface area contributed by atoms with E-state index < -0.39 is 8.07 Å². The molecule has 1 fully saturated rings. The summed E-state index contributed by atoms with van der Waals surface area (Å²) in [5, 5.41) is 3.64. The van der Waals surface area contributed by atoms with Crippen molar-refractivity contribution in [3.8, 4) is 22.5 Å². The Labute approximate surface area is 301 Å². The molecule has 0 bridgehead atoms. The van der Waals surface area contributed by atoms with Crippen LogP contribution in [0.4, 0.5) is 0 Å². The van der Waals surface area contributed by atoms with Gasteiger partial charge in [0.05, 0.1) is 13.7 Å². The van der Waals surface area contributed by atoms with Crippen molar-refractivity contribution in [2.24, 2.45) is 5.92 Å². The van der Waals surface area contributed by atoms with Gasteiger partial charge in [-0.3, -0.25) is 0 Å². The molecule has 2 aromatic carbocycles. The molecule has 4 nitrogen and oxygen atoms in total. The van der Waals surface area contributed by atoms with Crippen molar-refractivity contribution < 1.29 is 24.5 Å². The van der Waals surface area contributed by atoms with Crippen molar-refractivity contribution >= 4 is 35.3 Å². The number of rotatable bonds is 6. The first kappa shape index (κ1) is 35.9. The van der Waals surface area contributed by atoms with Crippen LogP contribution < -0.4 is 5.19 Å². The molecule has 0 aliphatic heterocycles. The molecule has 4 aromatic heterocycles. The topological polar surface area (TPSA) is 51.8 Å². The molecule has 7 rings (SSSR count). The Kier molecular flexibility index (Phi) is 11.5. The molecule has 1 aliphatic rings. The Morgan fingerprint density at radius 1 is 0.833 bits per heavy atom. The first-order valence-electron chi connectivity index (χ1n) is 17.2. The molecule has 1 saturated carbocycles. The van der Waals surface area contributed by atoms with Crippen LogP contribution in [0.1, 0.15) is 81.5 Å². The number of fused-ring (bicyclic) bond motifs is 3. The van der Waals surface area contributed by atoms with Gasteiger partial charge in [0.15, 0.2) is 0 Å². The maximum atomic E-state index is 5.85. The Bertz CT molecular complexity index is 1970. The van der Waals surface area contributed by atoms with Gasteiger partial charge in [0.2, 0.25) is 5.71 Å². The molecule has 6 heteroatoms. The number of furan rings is 1. The molecule has 6 aromatic rings. The Morgan fingerprint density at radius 2 is 1.60 bits per heavy atom. The molecule has 0 spiro atoms. The van der Waals surface area contributed by atoms with Crippen LogP contribution >= 0.6 is 0 Å². The van der Waals surface area contributed by atoms with Crippen LogP contribution in [0, 0.1) is 25.0 Å². The minimum atomic E-state index is -1.36. The monoisotopic (exact) mass is 830 g/mol. The van der Waals surface area contributed by atoms with Gasteiger partial charge in [-0.05, 0) is 72.3 Å². The quantitative estimate of drug-likeness (QED) is 0.124. The van der Waals surface area contributed by atoms with E-state index in [1.165, 1.54) is 37.7 Å². The average Bonchev–Trinajstić information content (AvgIpc) is 3.45. The first-order valence-corrected chi connectivity index (χ1v) is 20.7. The summed E-state index contributed by atoms with van der Waals surface area (Å²) in [5.74, 6) is 1.82. The molecule has 0 saturated heterocycles. The van der Waals surface area contributed by atoms with Gasteiger partial charge in [-0.2, -0.15) is 0 Å². The summed E-state index contributed by atoms with van der Waals surface area (Å²) in [6, 6.07) is 29.5. The SMILES string of the molecule is C[Si](C)(C)c1cnc(-c2[c-]cccc2)cc1C1CCCCC1.Cc1ccc2c(n1)oc1c[c-]c(-c3cc(C(C)C(C)C)ccn3)cc12.[Ir]. The zero-order valence-corrected chi connectivity index (χ0v) is 32.8. The molecule has 1 radical (unpaired) electrons. The molecule has 1 aliphatic carbocycles. The summed E-state index contributed by atoms with van der Waals surface area (Å²) < 4.78 is 5.85. The van der Waals surface area contributed by atoms with Crippen LogP contribution in [0.15, 0.2) is 83.5 Å².